The van der Waals surface area contributed by atoms with E-state index in [1.165, 1.54) is 7.11 Å². The van der Waals surface area contributed by atoms with Crippen LogP contribution in [0.5, 0.6) is 0 Å². The van der Waals surface area contributed by atoms with Crippen molar-refractivity contribution in [1.82, 2.24) is 4.98 Å². The van der Waals surface area contributed by atoms with Crippen LogP contribution in [-0.4, -0.2) is 35.9 Å². The van der Waals surface area contributed by atoms with Crippen LogP contribution < -0.4 is 5.73 Å². The van der Waals surface area contributed by atoms with Gasteiger partial charge in [-0.1, -0.05) is 11.2 Å². The summed E-state index contributed by atoms with van der Waals surface area (Å²) < 4.78 is 4.67. The second kappa shape index (κ2) is 4.50. The van der Waals surface area contributed by atoms with Crippen LogP contribution in [-0.2, 0) is 14.4 Å². The minimum absolute atomic E-state index is 0.0134. The van der Waals surface area contributed by atoms with E-state index in [2.05, 4.69) is 14.9 Å². The number of pyridine rings is 1. The lowest BCUT2D eigenvalue weighted by atomic mass is 9.96. The molecule has 2 N–H and O–H groups in total. The predicted octanol–water partition coefficient (Wildman–Crippen LogP) is 0.0765. The fraction of sp³-hybridized carbons (Fsp3) is 0.364. The van der Waals surface area contributed by atoms with Crippen LogP contribution in [0.15, 0.2) is 29.6 Å². The first-order valence-corrected chi connectivity index (χ1v) is 5.17. The van der Waals surface area contributed by atoms with Crippen molar-refractivity contribution in [1.29, 1.82) is 0 Å². The molecule has 6 nitrogen and oxygen atoms in total. The number of carbonyl (C=O) groups excluding carboxylic acids is 1. The highest BCUT2D eigenvalue weighted by Gasteiger charge is 2.47. The molecule has 1 atom stereocenters. The highest BCUT2D eigenvalue weighted by Crippen LogP contribution is 2.26. The third-order valence-corrected chi connectivity index (χ3v) is 2.63. The van der Waals surface area contributed by atoms with E-state index in [4.69, 9.17) is 10.6 Å². The van der Waals surface area contributed by atoms with Crippen LogP contribution in [0.4, 0.5) is 0 Å². The Labute approximate surface area is 98.4 Å². The summed E-state index contributed by atoms with van der Waals surface area (Å²) in [6, 6.07) is 5.44. The molecule has 17 heavy (non-hydrogen) atoms. The highest BCUT2D eigenvalue weighted by molar-refractivity contribution is 6.03. The molecule has 1 aliphatic rings. The van der Waals surface area contributed by atoms with Gasteiger partial charge in [-0.25, -0.2) is 4.79 Å². The Morgan fingerprint density at radius 1 is 1.65 bits per heavy atom. The number of ether oxygens (including phenoxy) is 1. The van der Waals surface area contributed by atoms with E-state index < -0.39 is 11.6 Å². The summed E-state index contributed by atoms with van der Waals surface area (Å²) in [5, 5.41) is 3.87. The first-order chi connectivity index (χ1) is 8.22. The lowest BCUT2D eigenvalue weighted by Gasteiger charge is -2.20. The van der Waals surface area contributed by atoms with Crippen LogP contribution >= 0.6 is 0 Å². The fourth-order valence-electron chi connectivity index (χ4n) is 1.64. The van der Waals surface area contributed by atoms with Crippen LogP contribution in [0.3, 0.4) is 0 Å². The third kappa shape index (κ3) is 1.99. The lowest BCUT2D eigenvalue weighted by molar-refractivity contribution is -0.165. The minimum atomic E-state index is -1.21. The second-order valence-corrected chi connectivity index (χ2v) is 3.71. The predicted molar refractivity (Wildman–Crippen MR) is 60.3 cm³/mol. The molecule has 0 aliphatic carbocycles. The molecule has 6 heteroatoms. The molecule has 2 rings (SSSR count). The Morgan fingerprint density at radius 3 is 3.06 bits per heavy atom. The number of nitrogens with two attached hydrogens (primary N) is 1. The number of hydrogen-bond acceptors (Lipinski definition) is 6. The molecule has 0 bridgehead atoms. The van der Waals surface area contributed by atoms with Gasteiger partial charge in [-0.2, -0.15) is 0 Å². The van der Waals surface area contributed by atoms with Crippen LogP contribution in [0.1, 0.15) is 12.1 Å². The Morgan fingerprint density at radius 2 is 2.47 bits per heavy atom. The van der Waals surface area contributed by atoms with Gasteiger partial charge in [0.25, 0.3) is 5.60 Å². The molecule has 1 unspecified atom stereocenters. The first-order valence-electron chi connectivity index (χ1n) is 5.17. The van der Waals surface area contributed by atoms with Crippen molar-refractivity contribution in [2.75, 3.05) is 13.7 Å². The van der Waals surface area contributed by atoms with Gasteiger partial charge in [0.15, 0.2) is 0 Å². The fourth-order valence-corrected chi connectivity index (χ4v) is 1.64. The zero-order valence-electron chi connectivity index (χ0n) is 9.42. The van der Waals surface area contributed by atoms with Gasteiger partial charge in [0.2, 0.25) is 0 Å². The smallest absolute Gasteiger partial charge is 0.354 e. The van der Waals surface area contributed by atoms with Crippen molar-refractivity contribution in [3.05, 3.63) is 30.1 Å². The van der Waals surface area contributed by atoms with Crippen molar-refractivity contribution in [2.24, 2.45) is 10.9 Å². The molecule has 1 aromatic rings. The molecular weight excluding hydrogens is 222 g/mol. The number of nitrogens with zero attached hydrogens (tertiary/aromatic N) is 2. The van der Waals surface area contributed by atoms with Gasteiger partial charge in [0.1, 0.15) is 5.71 Å². The maximum atomic E-state index is 11.6. The summed E-state index contributed by atoms with van der Waals surface area (Å²) in [6.07, 6.45) is 1.92. The number of aromatic nitrogens is 1. The molecule has 1 aliphatic heterocycles. The molecule has 0 spiro atoms. The highest BCUT2D eigenvalue weighted by atomic mass is 16.7. The van der Waals surface area contributed by atoms with Crippen molar-refractivity contribution in [2.45, 2.75) is 12.0 Å². The number of methoxy groups -OCH3 is 1. The van der Waals surface area contributed by atoms with Gasteiger partial charge in [-0.05, 0) is 12.1 Å². The Balaban J connectivity index is 2.20. The van der Waals surface area contributed by atoms with E-state index in [1.807, 2.05) is 6.07 Å². The lowest BCUT2D eigenvalue weighted by Crippen LogP contribution is -2.46. The zero-order chi connectivity index (χ0) is 12.3. The summed E-state index contributed by atoms with van der Waals surface area (Å²) in [5.41, 5.74) is 5.63. The van der Waals surface area contributed by atoms with Crippen molar-refractivity contribution < 1.29 is 14.4 Å². The monoisotopic (exact) mass is 235 g/mol. The maximum Gasteiger partial charge on any atom is 0.354 e. The SMILES string of the molecule is COC(=O)C1(CN)CC(c2ccccn2)=NO1. The van der Waals surface area contributed by atoms with Crippen LogP contribution in [0, 0.1) is 0 Å². The summed E-state index contributed by atoms with van der Waals surface area (Å²) >= 11 is 0. The molecule has 0 aromatic carbocycles. The van der Waals surface area contributed by atoms with Gasteiger partial charge in [-0.15, -0.1) is 0 Å². The summed E-state index contributed by atoms with van der Waals surface area (Å²) in [6.45, 7) is 0.0134. The van der Waals surface area contributed by atoms with E-state index >= 15 is 0 Å². The average molecular weight is 235 g/mol. The largest absolute Gasteiger partial charge is 0.466 e. The zero-order valence-corrected chi connectivity index (χ0v) is 9.42. The minimum Gasteiger partial charge on any atom is -0.466 e. The van der Waals surface area contributed by atoms with E-state index in [9.17, 15) is 4.79 Å². The normalized spacial score (nSPS) is 22.8. The van der Waals surface area contributed by atoms with Crippen molar-refractivity contribution in [3.8, 4) is 0 Å². The summed E-state index contributed by atoms with van der Waals surface area (Å²) in [7, 11) is 1.29. The third-order valence-electron chi connectivity index (χ3n) is 2.63. The average Bonchev–Trinajstić information content (AvgIpc) is 2.84. The molecular formula is C11H13N3O3. The molecule has 0 saturated heterocycles. The van der Waals surface area contributed by atoms with Crippen LogP contribution in [0.25, 0.3) is 0 Å². The van der Waals surface area contributed by atoms with E-state index in [0.29, 0.717) is 11.4 Å². The number of hydrogen-bond donors (Lipinski definition) is 1. The second-order valence-electron chi connectivity index (χ2n) is 3.71. The number of esters is 1. The van der Waals surface area contributed by atoms with Crippen molar-refractivity contribution >= 4 is 11.7 Å². The molecule has 1 aromatic heterocycles. The summed E-state index contributed by atoms with van der Waals surface area (Å²) in [4.78, 5) is 20.9. The standard InChI is InChI=1S/C11H13N3O3/c1-16-10(15)11(7-12)6-9(14-17-11)8-4-2-3-5-13-8/h2-5H,6-7,12H2,1H3. The molecule has 2 heterocycles. The van der Waals surface area contributed by atoms with Gasteiger partial charge >= 0.3 is 5.97 Å². The van der Waals surface area contributed by atoms with E-state index in [-0.39, 0.29) is 13.0 Å². The Hall–Kier alpha value is -1.95. The van der Waals surface area contributed by atoms with E-state index in [0.717, 1.165) is 0 Å². The quantitative estimate of drug-likeness (QED) is 0.749. The van der Waals surface area contributed by atoms with Gasteiger partial charge in [0.05, 0.1) is 19.2 Å². The van der Waals surface area contributed by atoms with Crippen LogP contribution in [0.2, 0.25) is 0 Å². The van der Waals surface area contributed by atoms with Gasteiger partial charge in [-0.3, -0.25) is 4.98 Å². The van der Waals surface area contributed by atoms with Gasteiger partial charge in [0, 0.05) is 12.7 Å². The molecule has 90 valence electrons. The first kappa shape index (κ1) is 11.5. The summed E-state index contributed by atoms with van der Waals surface area (Å²) in [5.74, 6) is -0.519. The molecule has 0 radical (unpaired) electrons. The van der Waals surface area contributed by atoms with Crippen molar-refractivity contribution in [3.63, 3.8) is 0 Å². The number of rotatable bonds is 3. The maximum absolute atomic E-state index is 11.6. The number of oxime groups is 1. The molecule has 0 amide bonds. The molecule has 0 saturated carbocycles. The number of carbonyl (C=O) groups is 1. The Kier molecular flexibility index (Phi) is 3.06. The van der Waals surface area contributed by atoms with Gasteiger partial charge < -0.3 is 15.3 Å². The Bertz CT molecular complexity index is 447. The van der Waals surface area contributed by atoms with E-state index in [1.54, 1.807) is 18.3 Å². The topological polar surface area (TPSA) is 86.8 Å². The molecule has 0 fully saturated rings.